The lowest BCUT2D eigenvalue weighted by Crippen LogP contribution is -2.13. The van der Waals surface area contributed by atoms with E-state index in [0.717, 1.165) is 40.7 Å². The Balaban J connectivity index is 1.46. The summed E-state index contributed by atoms with van der Waals surface area (Å²) in [5, 5.41) is 12.9. The highest BCUT2D eigenvalue weighted by atomic mass is 16.1. The van der Waals surface area contributed by atoms with Gasteiger partial charge in [0.2, 0.25) is 0 Å². The highest BCUT2D eigenvalue weighted by molar-refractivity contribution is 6.04. The van der Waals surface area contributed by atoms with Crippen LogP contribution in [0.25, 0.3) is 10.8 Å². The Hall–Kier alpha value is -3.54. The van der Waals surface area contributed by atoms with Crippen molar-refractivity contribution in [2.75, 3.05) is 5.32 Å². The molecule has 0 radical (unpaired) electrons. The van der Waals surface area contributed by atoms with E-state index >= 15 is 0 Å². The molecule has 4 aromatic rings. The number of carbonyl (C=O) groups excluding carboxylic acids is 1. The van der Waals surface area contributed by atoms with E-state index in [-0.39, 0.29) is 5.91 Å². The summed E-state index contributed by atoms with van der Waals surface area (Å²) in [5.74, 6) is 0.719. The minimum Gasteiger partial charge on any atom is -0.321 e. The first kappa shape index (κ1) is 16.9. The number of fused-ring (bicyclic) bond motifs is 1. The van der Waals surface area contributed by atoms with E-state index in [1.165, 1.54) is 0 Å². The standard InChI is InChI=1S/C21H19N5O/c1-26-14-23-25-20(26)10-9-15-5-4-8-18(11-15)24-21(27)19-12-16-6-2-3-7-17(16)13-22-19/h2-8,11-14H,9-10H2,1H3,(H,24,27). The molecule has 2 aromatic heterocycles. The minimum atomic E-state index is -0.216. The maximum atomic E-state index is 12.6. The van der Waals surface area contributed by atoms with Crippen molar-refractivity contribution in [3.63, 3.8) is 0 Å². The monoisotopic (exact) mass is 357 g/mol. The highest BCUT2D eigenvalue weighted by Crippen LogP contribution is 2.16. The first-order valence-corrected chi connectivity index (χ1v) is 8.77. The highest BCUT2D eigenvalue weighted by Gasteiger charge is 2.09. The van der Waals surface area contributed by atoms with Gasteiger partial charge in [-0.05, 0) is 35.6 Å². The molecule has 6 heteroatoms. The number of aryl methyl sites for hydroxylation is 3. The largest absolute Gasteiger partial charge is 0.321 e. The molecule has 0 aliphatic carbocycles. The van der Waals surface area contributed by atoms with Crippen LogP contribution in [0.2, 0.25) is 0 Å². The molecule has 2 aromatic carbocycles. The summed E-state index contributed by atoms with van der Waals surface area (Å²) in [5.41, 5.74) is 2.28. The molecule has 0 fully saturated rings. The van der Waals surface area contributed by atoms with Gasteiger partial charge in [0.15, 0.2) is 0 Å². The number of amides is 1. The van der Waals surface area contributed by atoms with Crippen molar-refractivity contribution < 1.29 is 4.79 Å². The molecule has 0 saturated heterocycles. The van der Waals surface area contributed by atoms with Gasteiger partial charge in [-0.2, -0.15) is 0 Å². The van der Waals surface area contributed by atoms with Gasteiger partial charge in [0.25, 0.3) is 5.91 Å². The molecule has 0 spiro atoms. The fourth-order valence-electron chi connectivity index (χ4n) is 3.00. The Labute approximate surface area is 156 Å². The fraction of sp³-hybridized carbons (Fsp3) is 0.143. The second-order valence-corrected chi connectivity index (χ2v) is 6.43. The molecule has 0 aliphatic rings. The molecule has 0 aliphatic heterocycles. The second-order valence-electron chi connectivity index (χ2n) is 6.43. The summed E-state index contributed by atoms with van der Waals surface area (Å²) in [6.45, 7) is 0. The van der Waals surface area contributed by atoms with Crippen molar-refractivity contribution in [2.45, 2.75) is 12.8 Å². The lowest BCUT2D eigenvalue weighted by Gasteiger charge is -2.08. The second kappa shape index (κ2) is 7.37. The van der Waals surface area contributed by atoms with Gasteiger partial charge in [-0.1, -0.05) is 36.4 Å². The van der Waals surface area contributed by atoms with Crippen LogP contribution in [0.4, 0.5) is 5.69 Å². The van der Waals surface area contributed by atoms with Crippen LogP contribution in [-0.4, -0.2) is 25.7 Å². The van der Waals surface area contributed by atoms with Crippen LogP contribution < -0.4 is 5.32 Å². The van der Waals surface area contributed by atoms with E-state index in [4.69, 9.17) is 0 Å². The van der Waals surface area contributed by atoms with Gasteiger partial charge in [-0.25, -0.2) is 0 Å². The number of rotatable bonds is 5. The normalized spacial score (nSPS) is 10.9. The third-order valence-electron chi connectivity index (χ3n) is 4.49. The molecule has 1 N–H and O–H groups in total. The predicted octanol–water partition coefficient (Wildman–Crippen LogP) is 3.40. The molecular formula is C21H19N5O. The van der Waals surface area contributed by atoms with Crippen LogP contribution in [0.5, 0.6) is 0 Å². The zero-order valence-corrected chi connectivity index (χ0v) is 15.0. The van der Waals surface area contributed by atoms with Crippen LogP contribution in [0, 0.1) is 0 Å². The average molecular weight is 357 g/mol. The molecule has 0 unspecified atom stereocenters. The average Bonchev–Trinajstić information content (AvgIpc) is 3.11. The lowest BCUT2D eigenvalue weighted by molar-refractivity contribution is 0.102. The zero-order valence-electron chi connectivity index (χ0n) is 15.0. The predicted molar refractivity (Wildman–Crippen MR) is 105 cm³/mol. The van der Waals surface area contributed by atoms with Gasteiger partial charge in [0.05, 0.1) is 0 Å². The summed E-state index contributed by atoms with van der Waals surface area (Å²) >= 11 is 0. The maximum Gasteiger partial charge on any atom is 0.274 e. The van der Waals surface area contributed by atoms with Crippen molar-refractivity contribution in [3.8, 4) is 0 Å². The third-order valence-corrected chi connectivity index (χ3v) is 4.49. The summed E-state index contributed by atoms with van der Waals surface area (Å²) in [4.78, 5) is 16.8. The first-order valence-electron chi connectivity index (χ1n) is 8.77. The Morgan fingerprint density at radius 1 is 1.04 bits per heavy atom. The number of pyridine rings is 1. The number of aromatic nitrogens is 4. The number of anilines is 1. The number of hydrogen-bond acceptors (Lipinski definition) is 4. The Bertz CT molecular complexity index is 1100. The van der Waals surface area contributed by atoms with E-state index in [1.807, 2.05) is 66.2 Å². The molecule has 4 rings (SSSR count). The molecule has 0 bridgehead atoms. The first-order chi connectivity index (χ1) is 13.2. The minimum absolute atomic E-state index is 0.216. The van der Waals surface area contributed by atoms with Gasteiger partial charge in [0.1, 0.15) is 17.8 Å². The molecule has 1 amide bonds. The topological polar surface area (TPSA) is 72.7 Å². The van der Waals surface area contributed by atoms with Crippen molar-refractivity contribution in [3.05, 3.63) is 84.2 Å². The molecule has 27 heavy (non-hydrogen) atoms. The van der Waals surface area contributed by atoms with Crippen molar-refractivity contribution >= 4 is 22.4 Å². The van der Waals surface area contributed by atoms with Gasteiger partial charge < -0.3 is 9.88 Å². The van der Waals surface area contributed by atoms with Gasteiger partial charge in [0, 0.05) is 30.7 Å². The summed E-state index contributed by atoms with van der Waals surface area (Å²) in [6.07, 6.45) is 5.04. The van der Waals surface area contributed by atoms with Crippen LogP contribution in [0.3, 0.4) is 0 Å². The van der Waals surface area contributed by atoms with Crippen molar-refractivity contribution in [2.24, 2.45) is 7.05 Å². The van der Waals surface area contributed by atoms with Crippen molar-refractivity contribution in [1.29, 1.82) is 0 Å². The van der Waals surface area contributed by atoms with Gasteiger partial charge in [-0.15, -0.1) is 10.2 Å². The number of nitrogens with one attached hydrogen (secondary N) is 1. The van der Waals surface area contributed by atoms with Gasteiger partial charge in [-0.3, -0.25) is 9.78 Å². The summed E-state index contributed by atoms with van der Waals surface area (Å²) in [7, 11) is 1.93. The van der Waals surface area contributed by atoms with E-state index in [2.05, 4.69) is 20.5 Å². The lowest BCUT2D eigenvalue weighted by atomic mass is 10.1. The van der Waals surface area contributed by atoms with Crippen LogP contribution in [0.1, 0.15) is 21.9 Å². The van der Waals surface area contributed by atoms with Crippen molar-refractivity contribution in [1.82, 2.24) is 19.7 Å². The molecule has 0 saturated carbocycles. The summed E-state index contributed by atoms with van der Waals surface area (Å²) in [6, 6.07) is 17.5. The summed E-state index contributed by atoms with van der Waals surface area (Å²) < 4.78 is 1.91. The number of hydrogen-bond donors (Lipinski definition) is 1. The van der Waals surface area contributed by atoms with E-state index in [1.54, 1.807) is 12.5 Å². The Kier molecular flexibility index (Phi) is 4.61. The fourth-order valence-corrected chi connectivity index (χ4v) is 3.00. The molecule has 6 nitrogen and oxygen atoms in total. The smallest absolute Gasteiger partial charge is 0.274 e. The number of carbonyl (C=O) groups is 1. The molecule has 2 heterocycles. The van der Waals surface area contributed by atoms with Gasteiger partial charge >= 0.3 is 0 Å². The third kappa shape index (κ3) is 3.84. The van der Waals surface area contributed by atoms with E-state index in [0.29, 0.717) is 5.69 Å². The SMILES string of the molecule is Cn1cnnc1CCc1cccc(NC(=O)c2cc3ccccc3cn2)c1. The Morgan fingerprint density at radius 2 is 1.89 bits per heavy atom. The number of nitrogens with zero attached hydrogens (tertiary/aromatic N) is 4. The zero-order chi connectivity index (χ0) is 18.6. The van der Waals surface area contributed by atoms with Crippen LogP contribution >= 0.6 is 0 Å². The van der Waals surface area contributed by atoms with Crippen LogP contribution in [-0.2, 0) is 19.9 Å². The Morgan fingerprint density at radius 3 is 2.70 bits per heavy atom. The molecule has 0 atom stereocenters. The number of benzene rings is 2. The van der Waals surface area contributed by atoms with E-state index in [9.17, 15) is 4.79 Å². The quantitative estimate of drug-likeness (QED) is 0.594. The molecular weight excluding hydrogens is 338 g/mol. The molecule has 134 valence electrons. The maximum absolute atomic E-state index is 12.6. The van der Waals surface area contributed by atoms with Crippen LogP contribution in [0.15, 0.2) is 67.1 Å². The van der Waals surface area contributed by atoms with E-state index < -0.39 is 0 Å².